The number of rotatable bonds is 4. The first-order valence-electron chi connectivity index (χ1n) is 5.77. The molecule has 0 saturated heterocycles. The van der Waals surface area contributed by atoms with E-state index in [2.05, 4.69) is 5.10 Å². The Morgan fingerprint density at radius 2 is 2.11 bits per heavy atom. The van der Waals surface area contributed by atoms with E-state index in [1.807, 2.05) is 0 Å². The van der Waals surface area contributed by atoms with E-state index in [0.29, 0.717) is 18.5 Å². The highest BCUT2D eigenvalue weighted by molar-refractivity contribution is 5.69. The van der Waals surface area contributed by atoms with Crippen molar-refractivity contribution in [2.75, 3.05) is 0 Å². The zero-order chi connectivity index (χ0) is 13.8. The number of hydrogen-bond acceptors (Lipinski definition) is 4. The molecule has 0 aliphatic carbocycles. The molecule has 1 N–H and O–H groups in total. The number of ether oxygens (including phenoxy) is 1. The molecule has 1 aromatic rings. The monoisotopic (exact) mass is 254 g/mol. The van der Waals surface area contributed by atoms with Crippen LogP contribution in [0, 0.1) is 0 Å². The summed E-state index contributed by atoms with van der Waals surface area (Å²) in [5.41, 5.74) is 0.120. The van der Waals surface area contributed by atoms with Crippen molar-refractivity contribution in [3.8, 4) is 0 Å². The van der Waals surface area contributed by atoms with Crippen LogP contribution in [-0.2, 0) is 16.0 Å². The molecule has 0 aromatic carbocycles. The number of carboxylic acids is 1. The maximum atomic E-state index is 11.6. The molecule has 0 fully saturated rings. The van der Waals surface area contributed by atoms with Crippen LogP contribution in [0.2, 0.25) is 0 Å². The molecule has 1 heterocycles. The largest absolute Gasteiger partial charge is 0.481 e. The van der Waals surface area contributed by atoms with Crippen LogP contribution in [0.3, 0.4) is 0 Å². The van der Waals surface area contributed by atoms with Crippen LogP contribution in [0.15, 0.2) is 12.3 Å². The molecular weight excluding hydrogens is 236 g/mol. The van der Waals surface area contributed by atoms with Crippen molar-refractivity contribution in [3.05, 3.63) is 18.0 Å². The van der Waals surface area contributed by atoms with E-state index in [-0.39, 0.29) is 6.42 Å². The number of carbonyl (C=O) groups is 2. The summed E-state index contributed by atoms with van der Waals surface area (Å²) in [7, 11) is 0. The summed E-state index contributed by atoms with van der Waals surface area (Å²) in [4.78, 5) is 22.0. The normalized spacial score (nSPS) is 11.3. The van der Waals surface area contributed by atoms with Crippen molar-refractivity contribution in [2.24, 2.45) is 0 Å². The van der Waals surface area contributed by atoms with Gasteiger partial charge in [0.25, 0.3) is 0 Å². The van der Waals surface area contributed by atoms with Gasteiger partial charge in [0, 0.05) is 12.6 Å². The number of aliphatic carboxylic acids is 1. The number of carboxylic acid groups (broad SMARTS) is 1. The Morgan fingerprint density at radius 3 is 2.67 bits per heavy atom. The lowest BCUT2D eigenvalue weighted by Crippen LogP contribution is -2.27. The van der Waals surface area contributed by atoms with Gasteiger partial charge in [-0.05, 0) is 39.7 Å². The summed E-state index contributed by atoms with van der Waals surface area (Å²) in [6.45, 7) is 5.34. The average Bonchev–Trinajstić information content (AvgIpc) is 2.63. The highest BCUT2D eigenvalue weighted by Crippen LogP contribution is 2.09. The van der Waals surface area contributed by atoms with Gasteiger partial charge in [0.15, 0.2) is 0 Å². The molecule has 6 heteroatoms. The van der Waals surface area contributed by atoms with E-state index in [4.69, 9.17) is 9.84 Å². The molecule has 100 valence electrons. The van der Waals surface area contributed by atoms with Gasteiger partial charge in [-0.1, -0.05) is 0 Å². The second-order valence-electron chi connectivity index (χ2n) is 4.98. The maximum Gasteiger partial charge on any atom is 0.435 e. The number of aryl methyl sites for hydroxylation is 1. The van der Waals surface area contributed by atoms with Gasteiger partial charge < -0.3 is 9.84 Å². The fraction of sp³-hybridized carbons (Fsp3) is 0.583. The standard InChI is InChI=1S/C12H18N2O4/c1-12(2,3)18-11(17)14-8-7-9(13-14)5-4-6-10(15)16/h7-8H,4-6H2,1-3H3,(H,15,16). The lowest BCUT2D eigenvalue weighted by molar-refractivity contribution is -0.137. The molecule has 0 saturated carbocycles. The third kappa shape index (κ3) is 4.99. The molecule has 0 radical (unpaired) electrons. The van der Waals surface area contributed by atoms with Crippen LogP contribution in [-0.4, -0.2) is 32.6 Å². The summed E-state index contributed by atoms with van der Waals surface area (Å²) in [6.07, 6.45) is 2.11. The van der Waals surface area contributed by atoms with E-state index >= 15 is 0 Å². The van der Waals surface area contributed by atoms with Gasteiger partial charge in [-0.15, -0.1) is 0 Å². The summed E-state index contributed by atoms with van der Waals surface area (Å²) < 4.78 is 6.27. The number of hydrogen-bond donors (Lipinski definition) is 1. The quantitative estimate of drug-likeness (QED) is 0.889. The minimum atomic E-state index is -0.832. The Labute approximate surface area is 106 Å². The molecule has 18 heavy (non-hydrogen) atoms. The van der Waals surface area contributed by atoms with Crippen molar-refractivity contribution in [1.82, 2.24) is 9.78 Å². The van der Waals surface area contributed by atoms with Crippen molar-refractivity contribution in [1.29, 1.82) is 0 Å². The van der Waals surface area contributed by atoms with Crippen LogP contribution in [0.25, 0.3) is 0 Å². The lowest BCUT2D eigenvalue weighted by Gasteiger charge is -2.18. The Kier molecular flexibility index (Phi) is 4.47. The van der Waals surface area contributed by atoms with Crippen LogP contribution in [0.4, 0.5) is 4.79 Å². The molecule has 1 rings (SSSR count). The van der Waals surface area contributed by atoms with Crippen LogP contribution < -0.4 is 0 Å². The molecule has 0 bridgehead atoms. The molecule has 6 nitrogen and oxygen atoms in total. The molecule has 0 atom stereocenters. The predicted molar refractivity (Wildman–Crippen MR) is 64.4 cm³/mol. The first-order chi connectivity index (χ1) is 8.28. The Balaban J connectivity index is 2.52. The molecule has 1 aromatic heterocycles. The van der Waals surface area contributed by atoms with Crippen molar-refractivity contribution >= 4 is 12.1 Å². The van der Waals surface area contributed by atoms with Crippen molar-refractivity contribution in [3.63, 3.8) is 0 Å². The first-order valence-corrected chi connectivity index (χ1v) is 5.77. The smallest absolute Gasteiger partial charge is 0.435 e. The highest BCUT2D eigenvalue weighted by atomic mass is 16.6. The number of carbonyl (C=O) groups excluding carboxylic acids is 1. The van der Waals surface area contributed by atoms with Crippen LogP contribution >= 0.6 is 0 Å². The molecule has 0 unspecified atom stereocenters. The SMILES string of the molecule is CC(C)(C)OC(=O)n1ccc(CCCC(=O)O)n1. The van der Waals surface area contributed by atoms with E-state index < -0.39 is 17.7 Å². The Bertz CT molecular complexity index is 432. The molecule has 0 aliphatic rings. The minimum absolute atomic E-state index is 0.0965. The zero-order valence-electron chi connectivity index (χ0n) is 10.8. The lowest BCUT2D eigenvalue weighted by atomic mass is 10.2. The van der Waals surface area contributed by atoms with Gasteiger partial charge in [0.05, 0.1) is 5.69 Å². The highest BCUT2D eigenvalue weighted by Gasteiger charge is 2.18. The third-order valence-electron chi connectivity index (χ3n) is 2.05. The van der Waals surface area contributed by atoms with Crippen LogP contribution in [0.5, 0.6) is 0 Å². The second-order valence-corrected chi connectivity index (χ2v) is 4.98. The maximum absolute atomic E-state index is 11.6. The second kappa shape index (κ2) is 5.66. The summed E-state index contributed by atoms with van der Waals surface area (Å²) >= 11 is 0. The Morgan fingerprint density at radius 1 is 1.44 bits per heavy atom. The minimum Gasteiger partial charge on any atom is -0.481 e. The van der Waals surface area contributed by atoms with Gasteiger partial charge in [0.1, 0.15) is 5.60 Å². The molecule has 0 spiro atoms. The van der Waals surface area contributed by atoms with E-state index in [1.165, 1.54) is 6.20 Å². The predicted octanol–water partition coefficient (Wildman–Crippen LogP) is 2.07. The van der Waals surface area contributed by atoms with Gasteiger partial charge in [-0.25, -0.2) is 4.79 Å². The van der Waals surface area contributed by atoms with Gasteiger partial charge in [-0.2, -0.15) is 9.78 Å². The topological polar surface area (TPSA) is 81.4 Å². The fourth-order valence-electron chi connectivity index (χ4n) is 1.33. The molecule has 0 aliphatic heterocycles. The third-order valence-corrected chi connectivity index (χ3v) is 2.05. The van der Waals surface area contributed by atoms with Crippen molar-refractivity contribution in [2.45, 2.75) is 45.6 Å². The van der Waals surface area contributed by atoms with E-state index in [0.717, 1.165) is 4.68 Å². The summed E-state index contributed by atoms with van der Waals surface area (Å²) in [5.74, 6) is -0.832. The van der Waals surface area contributed by atoms with Gasteiger partial charge >= 0.3 is 12.1 Å². The molecule has 0 amide bonds. The van der Waals surface area contributed by atoms with Gasteiger partial charge in [0.2, 0.25) is 0 Å². The van der Waals surface area contributed by atoms with Gasteiger partial charge in [-0.3, -0.25) is 4.79 Å². The van der Waals surface area contributed by atoms with Crippen LogP contribution in [0.1, 0.15) is 39.3 Å². The first kappa shape index (κ1) is 14.2. The van der Waals surface area contributed by atoms with Crippen molar-refractivity contribution < 1.29 is 19.4 Å². The van der Waals surface area contributed by atoms with E-state index in [9.17, 15) is 9.59 Å². The van der Waals surface area contributed by atoms with E-state index in [1.54, 1.807) is 26.8 Å². The zero-order valence-corrected chi connectivity index (χ0v) is 10.8. The number of nitrogens with zero attached hydrogens (tertiary/aromatic N) is 2. The average molecular weight is 254 g/mol. The summed E-state index contributed by atoms with van der Waals surface area (Å²) in [5, 5.41) is 12.6. The fourth-order valence-corrected chi connectivity index (χ4v) is 1.33. The number of aromatic nitrogens is 2. The molecular formula is C12H18N2O4. The Hall–Kier alpha value is -1.85. The summed E-state index contributed by atoms with van der Waals surface area (Å²) in [6, 6.07) is 1.69.